The van der Waals surface area contributed by atoms with Gasteiger partial charge in [-0.25, -0.2) is 4.79 Å². The van der Waals surface area contributed by atoms with E-state index in [1.165, 1.54) is 11.6 Å². The standard InChI is InChI=1S/C24H25BrO5/c25-13-12-19-9-5-4-8-18(19)10-11-22(26)30-21-16-29-23-20(15-28-24(21)23)27-14-17-6-2-1-3-7-17/h1-11,20-21,23-24H,12-16H2/b11-10+/t20-,21+,23+,24+/m0/s1. The molecule has 2 aromatic rings. The second-order valence-electron chi connectivity index (χ2n) is 7.38. The summed E-state index contributed by atoms with van der Waals surface area (Å²) in [5.41, 5.74) is 3.30. The highest BCUT2D eigenvalue weighted by Gasteiger charge is 2.49. The van der Waals surface area contributed by atoms with Crippen LogP contribution in [-0.4, -0.2) is 48.9 Å². The third-order valence-electron chi connectivity index (χ3n) is 5.35. The Morgan fingerprint density at radius 2 is 1.70 bits per heavy atom. The summed E-state index contributed by atoms with van der Waals surface area (Å²) in [6, 6.07) is 18.0. The fraction of sp³-hybridized carbons (Fsp3) is 0.375. The Hall–Kier alpha value is -1.99. The number of esters is 1. The van der Waals surface area contributed by atoms with Crippen molar-refractivity contribution in [3.05, 3.63) is 77.4 Å². The molecule has 0 aliphatic carbocycles. The Kier molecular flexibility index (Phi) is 7.33. The maximum absolute atomic E-state index is 12.4. The van der Waals surface area contributed by atoms with E-state index in [2.05, 4.69) is 22.0 Å². The SMILES string of the molecule is O=C(/C=C/c1ccccc1CCBr)O[C@@H]1CO[C@H]2[C@@H]1OC[C@@H]2OCc1ccccc1. The summed E-state index contributed by atoms with van der Waals surface area (Å²) in [5.74, 6) is -0.393. The first kappa shape index (κ1) is 21.2. The molecular formula is C24H25BrO5. The van der Waals surface area contributed by atoms with E-state index < -0.39 is 12.1 Å². The van der Waals surface area contributed by atoms with Gasteiger partial charge in [0.05, 0.1) is 19.8 Å². The fourth-order valence-corrected chi connectivity index (χ4v) is 4.25. The zero-order valence-electron chi connectivity index (χ0n) is 16.6. The highest BCUT2D eigenvalue weighted by molar-refractivity contribution is 9.09. The lowest BCUT2D eigenvalue weighted by atomic mass is 10.1. The van der Waals surface area contributed by atoms with Gasteiger partial charge in [0, 0.05) is 11.4 Å². The molecule has 0 amide bonds. The molecular weight excluding hydrogens is 448 g/mol. The minimum Gasteiger partial charge on any atom is -0.454 e. The number of fused-ring (bicyclic) bond motifs is 1. The van der Waals surface area contributed by atoms with Crippen molar-refractivity contribution in [2.24, 2.45) is 0 Å². The van der Waals surface area contributed by atoms with Gasteiger partial charge < -0.3 is 18.9 Å². The lowest BCUT2D eigenvalue weighted by Crippen LogP contribution is -2.34. The Balaban J connectivity index is 1.29. The van der Waals surface area contributed by atoms with E-state index in [0.717, 1.165) is 22.9 Å². The Bertz CT molecular complexity index is 869. The van der Waals surface area contributed by atoms with Crippen molar-refractivity contribution in [1.82, 2.24) is 0 Å². The van der Waals surface area contributed by atoms with Crippen LogP contribution in [0.4, 0.5) is 0 Å². The molecule has 30 heavy (non-hydrogen) atoms. The van der Waals surface area contributed by atoms with Gasteiger partial charge in [-0.1, -0.05) is 70.5 Å². The van der Waals surface area contributed by atoms with Crippen LogP contribution in [-0.2, 0) is 36.8 Å². The fourth-order valence-electron chi connectivity index (χ4n) is 3.82. The largest absolute Gasteiger partial charge is 0.454 e. The lowest BCUT2D eigenvalue weighted by Gasteiger charge is -2.17. The van der Waals surface area contributed by atoms with Crippen molar-refractivity contribution in [3.8, 4) is 0 Å². The first-order valence-electron chi connectivity index (χ1n) is 10.2. The average Bonchev–Trinajstić information content (AvgIpc) is 3.36. The molecule has 2 heterocycles. The smallest absolute Gasteiger partial charge is 0.331 e. The third-order valence-corrected chi connectivity index (χ3v) is 5.75. The molecule has 2 aliphatic heterocycles. The summed E-state index contributed by atoms with van der Waals surface area (Å²) < 4.78 is 23.3. The molecule has 2 aromatic carbocycles. The third kappa shape index (κ3) is 5.19. The number of halogens is 1. The van der Waals surface area contributed by atoms with Crippen LogP contribution >= 0.6 is 15.9 Å². The van der Waals surface area contributed by atoms with E-state index >= 15 is 0 Å². The van der Waals surface area contributed by atoms with Gasteiger partial charge in [0.25, 0.3) is 0 Å². The van der Waals surface area contributed by atoms with Crippen LogP contribution in [0.25, 0.3) is 6.08 Å². The molecule has 0 spiro atoms. The van der Waals surface area contributed by atoms with Gasteiger partial charge >= 0.3 is 5.97 Å². The normalized spacial score (nSPS) is 25.5. The number of ether oxygens (including phenoxy) is 4. The maximum Gasteiger partial charge on any atom is 0.331 e. The predicted molar refractivity (Wildman–Crippen MR) is 117 cm³/mol. The molecule has 6 heteroatoms. The molecule has 2 aliphatic rings. The highest BCUT2D eigenvalue weighted by atomic mass is 79.9. The quantitative estimate of drug-likeness (QED) is 0.331. The zero-order chi connectivity index (χ0) is 20.8. The minimum absolute atomic E-state index is 0.162. The number of carbonyl (C=O) groups is 1. The van der Waals surface area contributed by atoms with E-state index in [1.807, 2.05) is 48.5 Å². The van der Waals surface area contributed by atoms with Crippen LogP contribution in [0, 0.1) is 0 Å². The van der Waals surface area contributed by atoms with Crippen LogP contribution in [0.2, 0.25) is 0 Å². The number of benzene rings is 2. The molecule has 0 unspecified atom stereocenters. The number of carbonyl (C=O) groups excluding carboxylic acids is 1. The van der Waals surface area contributed by atoms with Crippen molar-refractivity contribution < 1.29 is 23.7 Å². The van der Waals surface area contributed by atoms with Crippen molar-refractivity contribution in [1.29, 1.82) is 0 Å². The number of rotatable bonds is 8. The van der Waals surface area contributed by atoms with Crippen molar-refractivity contribution >= 4 is 28.0 Å². The maximum atomic E-state index is 12.4. The Labute approximate surface area is 185 Å². The number of hydrogen-bond acceptors (Lipinski definition) is 5. The Morgan fingerprint density at radius 3 is 2.50 bits per heavy atom. The van der Waals surface area contributed by atoms with Gasteiger partial charge in [-0.3, -0.25) is 0 Å². The van der Waals surface area contributed by atoms with Crippen LogP contribution in [0.5, 0.6) is 0 Å². The summed E-state index contributed by atoms with van der Waals surface area (Å²) in [4.78, 5) is 12.4. The molecule has 0 aromatic heterocycles. The second-order valence-corrected chi connectivity index (χ2v) is 8.17. The van der Waals surface area contributed by atoms with E-state index in [9.17, 15) is 4.79 Å². The van der Waals surface area contributed by atoms with E-state index in [4.69, 9.17) is 18.9 Å². The second kappa shape index (κ2) is 10.4. The number of alkyl halides is 1. The van der Waals surface area contributed by atoms with Crippen molar-refractivity contribution in [2.75, 3.05) is 18.5 Å². The monoisotopic (exact) mass is 472 g/mol. The van der Waals surface area contributed by atoms with Crippen LogP contribution in [0.15, 0.2) is 60.7 Å². The van der Waals surface area contributed by atoms with E-state index in [1.54, 1.807) is 6.08 Å². The van der Waals surface area contributed by atoms with Crippen molar-refractivity contribution in [2.45, 2.75) is 37.4 Å². The molecule has 0 saturated carbocycles. The average molecular weight is 473 g/mol. The molecule has 4 atom stereocenters. The molecule has 0 N–H and O–H groups in total. The molecule has 5 nitrogen and oxygen atoms in total. The first-order valence-corrected chi connectivity index (χ1v) is 11.3. The summed E-state index contributed by atoms with van der Waals surface area (Å²) in [5, 5.41) is 0.871. The lowest BCUT2D eigenvalue weighted by molar-refractivity contribution is -0.147. The Morgan fingerprint density at radius 1 is 1.00 bits per heavy atom. The van der Waals surface area contributed by atoms with Gasteiger partial charge in [-0.15, -0.1) is 0 Å². The zero-order valence-corrected chi connectivity index (χ0v) is 18.2. The minimum atomic E-state index is -0.421. The molecule has 0 radical (unpaired) electrons. The van der Waals surface area contributed by atoms with E-state index in [0.29, 0.717) is 19.8 Å². The van der Waals surface area contributed by atoms with Crippen LogP contribution in [0.1, 0.15) is 16.7 Å². The first-order chi connectivity index (χ1) is 14.7. The molecule has 4 rings (SSSR count). The van der Waals surface area contributed by atoms with Gasteiger partial charge in [-0.05, 0) is 29.2 Å². The van der Waals surface area contributed by atoms with Crippen LogP contribution < -0.4 is 0 Å². The summed E-state index contributed by atoms with van der Waals surface area (Å²) >= 11 is 3.46. The summed E-state index contributed by atoms with van der Waals surface area (Å²) in [7, 11) is 0. The van der Waals surface area contributed by atoms with Crippen molar-refractivity contribution in [3.63, 3.8) is 0 Å². The molecule has 0 bridgehead atoms. The molecule has 158 valence electrons. The molecule has 2 saturated heterocycles. The highest BCUT2D eigenvalue weighted by Crippen LogP contribution is 2.31. The van der Waals surface area contributed by atoms with Gasteiger partial charge in [0.15, 0.2) is 6.10 Å². The van der Waals surface area contributed by atoms with Gasteiger partial charge in [0.1, 0.15) is 18.3 Å². The summed E-state index contributed by atoms with van der Waals surface area (Å²) in [6.07, 6.45) is 3.08. The van der Waals surface area contributed by atoms with Gasteiger partial charge in [-0.2, -0.15) is 0 Å². The van der Waals surface area contributed by atoms with Crippen LogP contribution in [0.3, 0.4) is 0 Å². The topological polar surface area (TPSA) is 54.0 Å². The number of hydrogen-bond donors (Lipinski definition) is 0. The molecule has 2 fully saturated rings. The predicted octanol–water partition coefficient (Wildman–Crippen LogP) is 3.93. The number of aryl methyl sites for hydroxylation is 1. The summed E-state index contributed by atoms with van der Waals surface area (Å²) in [6.45, 7) is 1.26. The van der Waals surface area contributed by atoms with E-state index in [-0.39, 0.29) is 18.3 Å². The van der Waals surface area contributed by atoms with Gasteiger partial charge in [0.2, 0.25) is 0 Å².